The summed E-state index contributed by atoms with van der Waals surface area (Å²) in [5.41, 5.74) is 6.33. The van der Waals surface area contributed by atoms with Crippen LogP contribution in [-0.2, 0) is 0 Å². The zero-order valence-corrected chi connectivity index (χ0v) is 12.3. The van der Waals surface area contributed by atoms with Crippen LogP contribution in [0.15, 0.2) is 42.5 Å². The Hall–Kier alpha value is -1.54. The molecular formula is C18H23NO. The number of hydrogen-bond acceptors (Lipinski definition) is 2. The molecule has 0 saturated heterocycles. The normalized spacial score (nSPS) is 30.4. The van der Waals surface area contributed by atoms with Crippen molar-refractivity contribution in [2.45, 2.75) is 38.8 Å². The molecule has 2 nitrogen and oxygen atoms in total. The van der Waals surface area contributed by atoms with Crippen LogP contribution in [-0.4, -0.2) is 12.1 Å². The van der Waals surface area contributed by atoms with E-state index in [4.69, 9.17) is 10.5 Å². The molecule has 0 bridgehead atoms. The van der Waals surface area contributed by atoms with Gasteiger partial charge in [0.1, 0.15) is 11.9 Å². The molecule has 0 heterocycles. The molecule has 0 aromatic heterocycles. The lowest BCUT2D eigenvalue weighted by Crippen LogP contribution is -2.48. The van der Waals surface area contributed by atoms with Crippen molar-refractivity contribution in [2.24, 2.45) is 17.6 Å². The lowest BCUT2D eigenvalue weighted by atomic mass is 9.78. The number of benzene rings is 2. The highest BCUT2D eigenvalue weighted by Crippen LogP contribution is 2.33. The molecule has 1 fully saturated rings. The minimum absolute atomic E-state index is 0.122. The van der Waals surface area contributed by atoms with Gasteiger partial charge in [-0.15, -0.1) is 0 Å². The maximum absolute atomic E-state index is 6.33. The van der Waals surface area contributed by atoms with E-state index in [0.717, 1.165) is 12.2 Å². The predicted molar refractivity (Wildman–Crippen MR) is 83.9 cm³/mol. The molecule has 4 atom stereocenters. The average Bonchev–Trinajstić information content (AvgIpc) is 2.43. The molecule has 4 unspecified atom stereocenters. The molecule has 20 heavy (non-hydrogen) atoms. The predicted octanol–water partition coefficient (Wildman–Crippen LogP) is 3.98. The van der Waals surface area contributed by atoms with Crippen molar-refractivity contribution in [2.75, 3.05) is 0 Å². The molecule has 0 radical (unpaired) electrons. The van der Waals surface area contributed by atoms with E-state index in [0.29, 0.717) is 11.8 Å². The van der Waals surface area contributed by atoms with Crippen molar-refractivity contribution in [1.82, 2.24) is 0 Å². The lowest BCUT2D eigenvalue weighted by Gasteiger charge is -2.37. The van der Waals surface area contributed by atoms with Crippen molar-refractivity contribution in [3.05, 3.63) is 42.5 Å². The van der Waals surface area contributed by atoms with Crippen LogP contribution in [0.3, 0.4) is 0 Å². The monoisotopic (exact) mass is 269 g/mol. The highest BCUT2D eigenvalue weighted by molar-refractivity contribution is 5.88. The molecule has 2 N–H and O–H groups in total. The molecule has 0 aliphatic heterocycles. The second-order valence-corrected chi connectivity index (χ2v) is 6.28. The van der Waals surface area contributed by atoms with Crippen LogP contribution in [0, 0.1) is 11.8 Å². The summed E-state index contributed by atoms with van der Waals surface area (Å²) in [5.74, 6) is 2.17. The van der Waals surface area contributed by atoms with Gasteiger partial charge in [-0.3, -0.25) is 0 Å². The third-order valence-corrected chi connectivity index (χ3v) is 4.44. The smallest absolute Gasteiger partial charge is 0.127 e. The van der Waals surface area contributed by atoms with E-state index in [-0.39, 0.29) is 12.1 Å². The minimum atomic E-state index is 0.122. The minimum Gasteiger partial charge on any atom is -0.488 e. The Balaban J connectivity index is 1.89. The Bertz CT molecular complexity index is 577. The second-order valence-electron chi connectivity index (χ2n) is 6.28. The fourth-order valence-electron chi connectivity index (χ4n) is 3.53. The Morgan fingerprint density at radius 3 is 2.55 bits per heavy atom. The van der Waals surface area contributed by atoms with Crippen LogP contribution < -0.4 is 10.5 Å². The zero-order chi connectivity index (χ0) is 14.1. The molecule has 1 aliphatic carbocycles. The van der Waals surface area contributed by atoms with Crippen molar-refractivity contribution in [3.8, 4) is 5.75 Å². The topological polar surface area (TPSA) is 35.2 Å². The first-order valence-corrected chi connectivity index (χ1v) is 7.55. The van der Waals surface area contributed by atoms with E-state index in [1.54, 1.807) is 0 Å². The summed E-state index contributed by atoms with van der Waals surface area (Å²) >= 11 is 0. The van der Waals surface area contributed by atoms with Gasteiger partial charge in [0.25, 0.3) is 0 Å². The van der Waals surface area contributed by atoms with Crippen LogP contribution in [0.25, 0.3) is 10.8 Å². The quantitative estimate of drug-likeness (QED) is 0.895. The summed E-state index contributed by atoms with van der Waals surface area (Å²) in [4.78, 5) is 0. The lowest BCUT2D eigenvalue weighted by molar-refractivity contribution is 0.0639. The molecule has 1 aliphatic rings. The molecule has 106 valence electrons. The van der Waals surface area contributed by atoms with E-state index in [2.05, 4.69) is 56.3 Å². The largest absolute Gasteiger partial charge is 0.488 e. The Morgan fingerprint density at radius 1 is 1.00 bits per heavy atom. The van der Waals surface area contributed by atoms with Crippen molar-refractivity contribution < 1.29 is 4.74 Å². The summed E-state index contributed by atoms with van der Waals surface area (Å²) in [7, 11) is 0. The first kappa shape index (κ1) is 13.4. The van der Waals surface area contributed by atoms with Gasteiger partial charge in [0.15, 0.2) is 0 Å². The van der Waals surface area contributed by atoms with Gasteiger partial charge in [0.2, 0.25) is 0 Å². The van der Waals surface area contributed by atoms with E-state index in [1.165, 1.54) is 17.2 Å². The second kappa shape index (κ2) is 5.45. The zero-order valence-electron chi connectivity index (χ0n) is 12.3. The van der Waals surface area contributed by atoms with Gasteiger partial charge in [-0.1, -0.05) is 50.2 Å². The number of ether oxygens (including phenoxy) is 1. The van der Waals surface area contributed by atoms with Gasteiger partial charge in [0.05, 0.1) is 0 Å². The summed E-state index contributed by atoms with van der Waals surface area (Å²) in [6.45, 7) is 4.54. The summed E-state index contributed by atoms with van der Waals surface area (Å²) in [5, 5.41) is 2.39. The highest BCUT2D eigenvalue weighted by atomic mass is 16.5. The van der Waals surface area contributed by atoms with Crippen LogP contribution in [0.5, 0.6) is 5.75 Å². The Kier molecular flexibility index (Phi) is 3.66. The molecule has 0 spiro atoms. The highest BCUT2D eigenvalue weighted by Gasteiger charge is 2.33. The SMILES string of the molecule is CC1CC(C)C(Oc2cccc3ccccc23)C(N)C1. The van der Waals surface area contributed by atoms with Gasteiger partial charge in [-0.05, 0) is 36.1 Å². The van der Waals surface area contributed by atoms with Crippen LogP contribution >= 0.6 is 0 Å². The fraction of sp³-hybridized carbons (Fsp3) is 0.444. The third kappa shape index (κ3) is 2.53. The summed E-state index contributed by atoms with van der Waals surface area (Å²) in [6.07, 6.45) is 2.38. The van der Waals surface area contributed by atoms with Crippen molar-refractivity contribution in [3.63, 3.8) is 0 Å². The van der Waals surface area contributed by atoms with E-state index < -0.39 is 0 Å². The van der Waals surface area contributed by atoms with Gasteiger partial charge in [0, 0.05) is 11.4 Å². The van der Waals surface area contributed by atoms with Crippen LogP contribution in [0.2, 0.25) is 0 Å². The summed E-state index contributed by atoms with van der Waals surface area (Å²) in [6, 6.07) is 14.7. The standard InChI is InChI=1S/C18H23NO/c1-12-10-13(2)18(16(19)11-12)20-17-9-5-7-14-6-3-4-8-15(14)17/h3-9,12-13,16,18H,10-11,19H2,1-2H3. The molecular weight excluding hydrogens is 246 g/mol. The molecule has 2 heteroatoms. The van der Waals surface area contributed by atoms with E-state index in [9.17, 15) is 0 Å². The summed E-state index contributed by atoms with van der Waals surface area (Å²) < 4.78 is 6.32. The molecule has 2 aromatic rings. The van der Waals surface area contributed by atoms with E-state index in [1.807, 2.05) is 0 Å². The van der Waals surface area contributed by atoms with Crippen molar-refractivity contribution in [1.29, 1.82) is 0 Å². The molecule has 2 aromatic carbocycles. The maximum atomic E-state index is 6.33. The van der Waals surface area contributed by atoms with Gasteiger partial charge < -0.3 is 10.5 Å². The average molecular weight is 269 g/mol. The van der Waals surface area contributed by atoms with Crippen LogP contribution in [0.4, 0.5) is 0 Å². The fourth-order valence-corrected chi connectivity index (χ4v) is 3.53. The molecule has 1 saturated carbocycles. The number of hydrogen-bond donors (Lipinski definition) is 1. The van der Waals surface area contributed by atoms with Crippen LogP contribution in [0.1, 0.15) is 26.7 Å². The molecule has 3 rings (SSSR count). The number of fused-ring (bicyclic) bond motifs is 1. The van der Waals surface area contributed by atoms with Crippen molar-refractivity contribution >= 4 is 10.8 Å². The third-order valence-electron chi connectivity index (χ3n) is 4.44. The molecule has 0 amide bonds. The van der Waals surface area contributed by atoms with E-state index >= 15 is 0 Å². The first-order valence-electron chi connectivity index (χ1n) is 7.55. The maximum Gasteiger partial charge on any atom is 0.127 e. The number of rotatable bonds is 2. The van der Waals surface area contributed by atoms with Gasteiger partial charge >= 0.3 is 0 Å². The van der Waals surface area contributed by atoms with Gasteiger partial charge in [-0.25, -0.2) is 0 Å². The number of nitrogens with two attached hydrogens (primary N) is 1. The van der Waals surface area contributed by atoms with Gasteiger partial charge in [-0.2, -0.15) is 0 Å². The first-order chi connectivity index (χ1) is 9.65. The Morgan fingerprint density at radius 2 is 1.75 bits per heavy atom. The Labute approximate surface area is 120 Å².